The fourth-order valence-electron chi connectivity index (χ4n) is 1.69. The van der Waals surface area contributed by atoms with Crippen LogP contribution in [-0.2, 0) is 6.42 Å². The van der Waals surface area contributed by atoms with E-state index < -0.39 is 0 Å². The highest BCUT2D eigenvalue weighted by atomic mass is 79.9. The predicted octanol–water partition coefficient (Wildman–Crippen LogP) is 2.16. The van der Waals surface area contributed by atoms with Gasteiger partial charge in [0.2, 0.25) is 0 Å². The molecule has 1 saturated heterocycles. The van der Waals surface area contributed by atoms with Gasteiger partial charge in [0.1, 0.15) is 0 Å². The molecule has 2 rings (SSSR count). The van der Waals surface area contributed by atoms with Gasteiger partial charge in [-0.1, -0.05) is 6.07 Å². The largest absolute Gasteiger partial charge is 0.370 e. The normalized spacial score (nSPS) is 15.4. The Morgan fingerprint density at radius 3 is 2.64 bits per heavy atom. The first kappa shape index (κ1) is 9.99. The molecule has 1 aromatic rings. The smallest absolute Gasteiger partial charge is 0.0510 e. The zero-order valence-electron chi connectivity index (χ0n) is 8.17. The second-order valence-electron chi connectivity index (χ2n) is 3.67. The summed E-state index contributed by atoms with van der Waals surface area (Å²) >= 11 is 3.61. The standard InChI is InChI=1S/C11H15BrN2/c12-10-8-9(4-5-13)2-3-11(10)14-6-1-7-14/h2-3,8H,1,4-7,13H2. The third-order valence-electron chi connectivity index (χ3n) is 2.64. The van der Waals surface area contributed by atoms with Crippen molar-refractivity contribution in [2.45, 2.75) is 12.8 Å². The molecular weight excluding hydrogens is 240 g/mol. The number of nitrogens with zero attached hydrogens (tertiary/aromatic N) is 1. The van der Waals surface area contributed by atoms with Crippen molar-refractivity contribution >= 4 is 21.6 Å². The highest BCUT2D eigenvalue weighted by molar-refractivity contribution is 9.10. The number of benzene rings is 1. The molecule has 14 heavy (non-hydrogen) atoms. The second-order valence-corrected chi connectivity index (χ2v) is 4.52. The molecule has 0 aliphatic carbocycles. The molecule has 1 heterocycles. The Balaban J connectivity index is 2.17. The van der Waals surface area contributed by atoms with E-state index in [0.717, 1.165) is 13.0 Å². The maximum absolute atomic E-state index is 5.52. The van der Waals surface area contributed by atoms with E-state index in [0.29, 0.717) is 0 Å². The SMILES string of the molecule is NCCc1ccc(N2CCC2)c(Br)c1. The van der Waals surface area contributed by atoms with E-state index >= 15 is 0 Å². The van der Waals surface area contributed by atoms with Crippen molar-refractivity contribution in [2.24, 2.45) is 5.73 Å². The van der Waals surface area contributed by atoms with Gasteiger partial charge in [0.15, 0.2) is 0 Å². The van der Waals surface area contributed by atoms with Crippen molar-refractivity contribution < 1.29 is 0 Å². The maximum atomic E-state index is 5.52. The van der Waals surface area contributed by atoms with Crippen molar-refractivity contribution in [3.05, 3.63) is 28.2 Å². The summed E-state index contributed by atoms with van der Waals surface area (Å²) in [5.41, 5.74) is 8.15. The van der Waals surface area contributed by atoms with E-state index in [1.807, 2.05) is 0 Å². The van der Waals surface area contributed by atoms with Crippen LogP contribution in [0.2, 0.25) is 0 Å². The Hall–Kier alpha value is -0.540. The third-order valence-corrected chi connectivity index (χ3v) is 3.28. The van der Waals surface area contributed by atoms with E-state index in [4.69, 9.17) is 5.73 Å². The summed E-state index contributed by atoms with van der Waals surface area (Å²) in [5.74, 6) is 0. The Morgan fingerprint density at radius 1 is 1.36 bits per heavy atom. The summed E-state index contributed by atoms with van der Waals surface area (Å²) in [6, 6.07) is 6.54. The summed E-state index contributed by atoms with van der Waals surface area (Å²) in [4.78, 5) is 2.39. The van der Waals surface area contributed by atoms with Gasteiger partial charge in [-0.15, -0.1) is 0 Å². The van der Waals surface area contributed by atoms with E-state index in [-0.39, 0.29) is 0 Å². The van der Waals surface area contributed by atoms with Gasteiger partial charge in [-0.05, 0) is 53.0 Å². The van der Waals surface area contributed by atoms with Gasteiger partial charge >= 0.3 is 0 Å². The highest BCUT2D eigenvalue weighted by Crippen LogP contribution is 2.30. The lowest BCUT2D eigenvalue weighted by molar-refractivity contribution is 0.616. The minimum atomic E-state index is 0.718. The quantitative estimate of drug-likeness (QED) is 0.896. The van der Waals surface area contributed by atoms with Crippen LogP contribution in [0.4, 0.5) is 5.69 Å². The van der Waals surface area contributed by atoms with Gasteiger partial charge in [0.25, 0.3) is 0 Å². The first-order valence-corrected chi connectivity index (χ1v) is 5.84. The number of anilines is 1. The van der Waals surface area contributed by atoms with Gasteiger partial charge in [-0.25, -0.2) is 0 Å². The molecule has 1 aliphatic heterocycles. The van der Waals surface area contributed by atoms with Gasteiger partial charge in [-0.2, -0.15) is 0 Å². The molecule has 0 radical (unpaired) electrons. The van der Waals surface area contributed by atoms with Crippen molar-refractivity contribution in [2.75, 3.05) is 24.5 Å². The van der Waals surface area contributed by atoms with Gasteiger partial charge < -0.3 is 10.6 Å². The minimum Gasteiger partial charge on any atom is -0.370 e. The molecule has 0 saturated carbocycles. The zero-order valence-corrected chi connectivity index (χ0v) is 9.76. The van der Waals surface area contributed by atoms with Crippen molar-refractivity contribution in [1.82, 2.24) is 0 Å². The molecule has 1 fully saturated rings. The van der Waals surface area contributed by atoms with Crippen LogP contribution in [0.15, 0.2) is 22.7 Å². The molecule has 76 valence electrons. The molecule has 0 atom stereocenters. The number of rotatable bonds is 3. The van der Waals surface area contributed by atoms with Crippen LogP contribution in [0.3, 0.4) is 0 Å². The monoisotopic (exact) mass is 254 g/mol. The van der Waals surface area contributed by atoms with E-state index in [1.54, 1.807) is 0 Å². The zero-order chi connectivity index (χ0) is 9.97. The number of nitrogens with two attached hydrogens (primary N) is 1. The molecule has 1 aromatic carbocycles. The molecule has 0 bridgehead atoms. The first-order chi connectivity index (χ1) is 6.81. The topological polar surface area (TPSA) is 29.3 Å². The predicted molar refractivity (Wildman–Crippen MR) is 63.7 cm³/mol. The summed E-state index contributed by atoms with van der Waals surface area (Å²) in [6.45, 7) is 3.10. The third kappa shape index (κ3) is 1.93. The summed E-state index contributed by atoms with van der Waals surface area (Å²) < 4.78 is 1.20. The molecule has 0 aromatic heterocycles. The fourth-order valence-corrected chi connectivity index (χ4v) is 2.36. The summed E-state index contributed by atoms with van der Waals surface area (Å²) in [7, 11) is 0. The maximum Gasteiger partial charge on any atom is 0.0510 e. The summed E-state index contributed by atoms with van der Waals surface area (Å²) in [6.07, 6.45) is 2.27. The molecule has 2 N–H and O–H groups in total. The second kappa shape index (κ2) is 4.32. The van der Waals surface area contributed by atoms with Crippen LogP contribution in [0, 0.1) is 0 Å². The molecule has 0 amide bonds. The van der Waals surface area contributed by atoms with Gasteiger partial charge in [0.05, 0.1) is 5.69 Å². The van der Waals surface area contributed by atoms with Crippen LogP contribution < -0.4 is 10.6 Å². The number of hydrogen-bond acceptors (Lipinski definition) is 2. The Kier molecular flexibility index (Phi) is 3.08. The van der Waals surface area contributed by atoms with Crippen LogP contribution in [0.5, 0.6) is 0 Å². The van der Waals surface area contributed by atoms with Crippen molar-refractivity contribution in [3.63, 3.8) is 0 Å². The lowest BCUT2D eigenvalue weighted by Crippen LogP contribution is -2.37. The van der Waals surface area contributed by atoms with Gasteiger partial charge in [0, 0.05) is 17.6 Å². The lowest BCUT2D eigenvalue weighted by Gasteiger charge is -2.34. The van der Waals surface area contributed by atoms with Crippen LogP contribution in [0.25, 0.3) is 0 Å². The Labute approximate surface area is 93.2 Å². The molecule has 3 heteroatoms. The van der Waals surface area contributed by atoms with E-state index in [1.165, 1.54) is 35.2 Å². The lowest BCUT2D eigenvalue weighted by atomic mass is 10.1. The van der Waals surface area contributed by atoms with Crippen molar-refractivity contribution in [1.29, 1.82) is 0 Å². The van der Waals surface area contributed by atoms with E-state index in [9.17, 15) is 0 Å². The number of halogens is 1. The molecule has 1 aliphatic rings. The van der Waals surface area contributed by atoms with Crippen LogP contribution in [0.1, 0.15) is 12.0 Å². The minimum absolute atomic E-state index is 0.718. The average Bonchev–Trinajstić information content (AvgIpc) is 2.07. The molecule has 0 spiro atoms. The first-order valence-electron chi connectivity index (χ1n) is 5.04. The summed E-state index contributed by atoms with van der Waals surface area (Å²) in [5, 5.41) is 0. The molecule has 2 nitrogen and oxygen atoms in total. The Bertz CT molecular complexity index is 321. The number of hydrogen-bond donors (Lipinski definition) is 1. The molecular formula is C11H15BrN2. The average molecular weight is 255 g/mol. The fraction of sp³-hybridized carbons (Fsp3) is 0.455. The van der Waals surface area contributed by atoms with Gasteiger partial charge in [-0.3, -0.25) is 0 Å². The highest BCUT2D eigenvalue weighted by Gasteiger charge is 2.16. The van der Waals surface area contributed by atoms with Crippen LogP contribution in [-0.4, -0.2) is 19.6 Å². The van der Waals surface area contributed by atoms with Crippen LogP contribution >= 0.6 is 15.9 Å². The van der Waals surface area contributed by atoms with Crippen molar-refractivity contribution in [3.8, 4) is 0 Å². The van der Waals surface area contributed by atoms with E-state index in [2.05, 4.69) is 39.0 Å². The molecule has 0 unspecified atom stereocenters. The Morgan fingerprint density at radius 2 is 2.14 bits per heavy atom.